The first-order chi connectivity index (χ1) is 10.7. The summed E-state index contributed by atoms with van der Waals surface area (Å²) in [5, 5.41) is 0. The maximum atomic E-state index is 11.9. The Bertz CT molecular complexity index is 602. The third-order valence-electron chi connectivity index (χ3n) is 3.33. The Morgan fingerprint density at radius 2 is 1.86 bits per heavy atom. The molecule has 22 heavy (non-hydrogen) atoms. The molecular weight excluding hydrogens is 276 g/mol. The van der Waals surface area contributed by atoms with E-state index in [0.717, 1.165) is 18.4 Å². The zero-order chi connectivity index (χ0) is 15.8. The first-order valence-corrected chi connectivity index (χ1v) is 7.64. The minimum atomic E-state index is -0.297. The van der Waals surface area contributed by atoms with E-state index in [0.29, 0.717) is 24.5 Å². The van der Waals surface area contributed by atoms with E-state index < -0.39 is 0 Å². The molecule has 0 saturated heterocycles. The Morgan fingerprint density at radius 3 is 2.59 bits per heavy atom. The van der Waals surface area contributed by atoms with E-state index in [9.17, 15) is 4.79 Å². The quantitative estimate of drug-likeness (QED) is 0.556. The summed E-state index contributed by atoms with van der Waals surface area (Å²) in [7, 11) is 0. The standard InChI is InChI=1S/C19H22O3/c1-3-4-12-21-19(20)17-6-5-7-18(13-17)22-14-16-10-8-15(2)9-11-16/h5-11,13H,3-4,12,14H2,1-2H3. The Balaban J connectivity index is 1.93. The van der Waals surface area contributed by atoms with Crippen LogP contribution in [0, 0.1) is 6.92 Å². The van der Waals surface area contributed by atoms with Crippen LogP contribution in [0.25, 0.3) is 0 Å². The second kappa shape index (κ2) is 8.23. The number of rotatable bonds is 7. The average Bonchev–Trinajstić information content (AvgIpc) is 2.55. The van der Waals surface area contributed by atoms with E-state index in [2.05, 4.69) is 26.0 Å². The number of esters is 1. The molecule has 0 unspecified atom stereocenters. The lowest BCUT2D eigenvalue weighted by molar-refractivity contribution is 0.0499. The Labute approximate surface area is 131 Å². The molecule has 116 valence electrons. The van der Waals surface area contributed by atoms with Crippen LogP contribution in [0.15, 0.2) is 48.5 Å². The van der Waals surface area contributed by atoms with E-state index >= 15 is 0 Å². The first-order valence-electron chi connectivity index (χ1n) is 7.64. The van der Waals surface area contributed by atoms with Gasteiger partial charge in [0, 0.05) is 0 Å². The summed E-state index contributed by atoms with van der Waals surface area (Å²) in [5.41, 5.74) is 2.85. The van der Waals surface area contributed by atoms with Crippen molar-refractivity contribution in [3.05, 3.63) is 65.2 Å². The van der Waals surface area contributed by atoms with E-state index in [1.807, 2.05) is 18.2 Å². The van der Waals surface area contributed by atoms with Crippen LogP contribution < -0.4 is 4.74 Å². The van der Waals surface area contributed by atoms with Crippen LogP contribution in [0.3, 0.4) is 0 Å². The summed E-state index contributed by atoms with van der Waals surface area (Å²) in [4.78, 5) is 11.9. The van der Waals surface area contributed by atoms with Gasteiger partial charge in [0.15, 0.2) is 0 Å². The molecular formula is C19H22O3. The van der Waals surface area contributed by atoms with Crippen LogP contribution >= 0.6 is 0 Å². The fraction of sp³-hybridized carbons (Fsp3) is 0.316. The fourth-order valence-electron chi connectivity index (χ4n) is 1.96. The van der Waals surface area contributed by atoms with Gasteiger partial charge in [-0.15, -0.1) is 0 Å². The largest absolute Gasteiger partial charge is 0.489 e. The highest BCUT2D eigenvalue weighted by Crippen LogP contribution is 2.16. The van der Waals surface area contributed by atoms with Gasteiger partial charge in [-0.05, 0) is 37.1 Å². The lowest BCUT2D eigenvalue weighted by Gasteiger charge is -2.08. The second-order valence-corrected chi connectivity index (χ2v) is 5.29. The van der Waals surface area contributed by atoms with Crippen LogP contribution in [-0.2, 0) is 11.3 Å². The highest BCUT2D eigenvalue weighted by atomic mass is 16.5. The van der Waals surface area contributed by atoms with Crippen molar-refractivity contribution >= 4 is 5.97 Å². The zero-order valence-corrected chi connectivity index (χ0v) is 13.2. The molecule has 0 saturated carbocycles. The number of ether oxygens (including phenoxy) is 2. The van der Waals surface area contributed by atoms with E-state index in [4.69, 9.17) is 9.47 Å². The zero-order valence-electron chi connectivity index (χ0n) is 13.2. The van der Waals surface area contributed by atoms with Crippen molar-refractivity contribution in [1.29, 1.82) is 0 Å². The van der Waals surface area contributed by atoms with Crippen LogP contribution in [0.2, 0.25) is 0 Å². The van der Waals surface area contributed by atoms with Gasteiger partial charge >= 0.3 is 5.97 Å². The molecule has 0 aliphatic heterocycles. The Kier molecular flexibility index (Phi) is 6.01. The maximum absolute atomic E-state index is 11.9. The molecule has 3 heteroatoms. The number of unbranched alkanes of at least 4 members (excludes halogenated alkanes) is 1. The lowest BCUT2D eigenvalue weighted by atomic mass is 10.2. The minimum Gasteiger partial charge on any atom is -0.489 e. The van der Waals surface area contributed by atoms with Crippen LogP contribution in [-0.4, -0.2) is 12.6 Å². The summed E-state index contributed by atoms with van der Waals surface area (Å²) in [6.45, 7) is 5.06. The van der Waals surface area contributed by atoms with Crippen molar-refractivity contribution < 1.29 is 14.3 Å². The first kappa shape index (κ1) is 16.1. The fourth-order valence-corrected chi connectivity index (χ4v) is 1.96. The summed E-state index contributed by atoms with van der Waals surface area (Å²) in [6.07, 6.45) is 1.89. The van der Waals surface area contributed by atoms with Gasteiger partial charge in [-0.3, -0.25) is 0 Å². The van der Waals surface area contributed by atoms with Gasteiger partial charge in [0.1, 0.15) is 12.4 Å². The number of hydrogen-bond donors (Lipinski definition) is 0. The Morgan fingerprint density at radius 1 is 1.09 bits per heavy atom. The van der Waals surface area contributed by atoms with E-state index in [1.54, 1.807) is 18.2 Å². The summed E-state index contributed by atoms with van der Waals surface area (Å²) >= 11 is 0. The molecule has 0 radical (unpaired) electrons. The number of carbonyl (C=O) groups is 1. The summed E-state index contributed by atoms with van der Waals surface area (Å²) in [6, 6.07) is 15.3. The van der Waals surface area contributed by atoms with Gasteiger partial charge in [0.25, 0.3) is 0 Å². The molecule has 2 aromatic rings. The summed E-state index contributed by atoms with van der Waals surface area (Å²) in [5.74, 6) is 0.375. The predicted molar refractivity (Wildman–Crippen MR) is 87.1 cm³/mol. The van der Waals surface area contributed by atoms with Crippen molar-refractivity contribution in [2.75, 3.05) is 6.61 Å². The molecule has 0 spiro atoms. The van der Waals surface area contributed by atoms with Crippen molar-refractivity contribution in [1.82, 2.24) is 0 Å². The van der Waals surface area contributed by atoms with Gasteiger partial charge in [0.2, 0.25) is 0 Å². The SMILES string of the molecule is CCCCOC(=O)c1cccc(OCc2ccc(C)cc2)c1. The normalized spacial score (nSPS) is 10.3. The van der Waals surface area contributed by atoms with Gasteiger partial charge in [0.05, 0.1) is 12.2 Å². The number of carbonyl (C=O) groups excluding carboxylic acids is 1. The molecule has 0 heterocycles. The van der Waals surface area contributed by atoms with Gasteiger partial charge in [-0.1, -0.05) is 49.2 Å². The van der Waals surface area contributed by atoms with Crippen molar-refractivity contribution in [2.45, 2.75) is 33.3 Å². The third-order valence-corrected chi connectivity index (χ3v) is 3.33. The van der Waals surface area contributed by atoms with Crippen LogP contribution in [0.4, 0.5) is 0 Å². The Hall–Kier alpha value is -2.29. The second-order valence-electron chi connectivity index (χ2n) is 5.29. The maximum Gasteiger partial charge on any atom is 0.338 e. The molecule has 0 fully saturated rings. The highest BCUT2D eigenvalue weighted by Gasteiger charge is 2.08. The molecule has 3 nitrogen and oxygen atoms in total. The van der Waals surface area contributed by atoms with Crippen molar-refractivity contribution in [2.24, 2.45) is 0 Å². The molecule has 0 atom stereocenters. The lowest BCUT2D eigenvalue weighted by Crippen LogP contribution is -2.06. The molecule has 2 rings (SSSR count). The topological polar surface area (TPSA) is 35.5 Å². The summed E-state index contributed by atoms with van der Waals surface area (Å²) < 4.78 is 10.9. The predicted octanol–water partition coefficient (Wildman–Crippen LogP) is 4.53. The molecule has 0 N–H and O–H groups in total. The molecule has 2 aromatic carbocycles. The van der Waals surface area contributed by atoms with Crippen LogP contribution in [0.1, 0.15) is 41.3 Å². The van der Waals surface area contributed by atoms with Crippen LogP contribution in [0.5, 0.6) is 5.75 Å². The van der Waals surface area contributed by atoms with E-state index in [1.165, 1.54) is 5.56 Å². The number of benzene rings is 2. The van der Waals surface area contributed by atoms with Crippen molar-refractivity contribution in [3.8, 4) is 5.75 Å². The van der Waals surface area contributed by atoms with Crippen molar-refractivity contribution in [3.63, 3.8) is 0 Å². The molecule has 0 amide bonds. The monoisotopic (exact) mass is 298 g/mol. The third kappa shape index (κ3) is 4.92. The van der Waals surface area contributed by atoms with Gasteiger partial charge < -0.3 is 9.47 Å². The molecule has 0 bridgehead atoms. The van der Waals surface area contributed by atoms with Gasteiger partial charge in [-0.25, -0.2) is 4.79 Å². The van der Waals surface area contributed by atoms with E-state index in [-0.39, 0.29) is 5.97 Å². The highest BCUT2D eigenvalue weighted by molar-refractivity contribution is 5.89. The minimum absolute atomic E-state index is 0.297. The molecule has 0 aliphatic rings. The number of hydrogen-bond acceptors (Lipinski definition) is 3. The smallest absolute Gasteiger partial charge is 0.338 e. The average molecular weight is 298 g/mol. The molecule has 0 aliphatic carbocycles. The van der Waals surface area contributed by atoms with Gasteiger partial charge in [-0.2, -0.15) is 0 Å². The number of aryl methyl sites for hydroxylation is 1. The molecule has 0 aromatic heterocycles.